The van der Waals surface area contributed by atoms with Gasteiger partial charge in [0.15, 0.2) is 0 Å². The average molecular weight is 479 g/mol. The number of likely N-dealkylation sites (tertiary alicyclic amines) is 1. The summed E-state index contributed by atoms with van der Waals surface area (Å²) in [7, 11) is -3.74. The number of sulfonamides is 1. The van der Waals surface area contributed by atoms with Gasteiger partial charge >= 0.3 is 0 Å². The van der Waals surface area contributed by atoms with Gasteiger partial charge in [-0.05, 0) is 42.9 Å². The minimum absolute atomic E-state index is 0.0151. The predicted octanol–water partition coefficient (Wildman–Crippen LogP) is 1.71. The van der Waals surface area contributed by atoms with Crippen LogP contribution in [0.5, 0.6) is 0 Å². The topological polar surface area (TPSA) is 90.0 Å². The first-order valence-corrected chi connectivity index (χ1v) is 13.6. The molecule has 2 aliphatic heterocycles. The molecule has 2 fully saturated rings. The Hall–Kier alpha value is -1.97. The molecule has 2 saturated heterocycles. The molecule has 3 rings (SSSR count). The van der Waals surface area contributed by atoms with E-state index in [1.807, 2.05) is 12.1 Å². The Kier molecular flexibility index (Phi) is 9.28. The average Bonchev–Trinajstić information content (AvgIpc) is 3.20. The van der Waals surface area contributed by atoms with E-state index in [1.165, 1.54) is 4.31 Å². The molecule has 0 unspecified atom stereocenters. The maximum Gasteiger partial charge on any atom is 0.243 e. The fourth-order valence-electron chi connectivity index (χ4n) is 4.44. The largest absolute Gasteiger partial charge is 0.343 e. The Labute approximate surface area is 198 Å². The van der Waals surface area contributed by atoms with Crippen LogP contribution in [-0.2, 0) is 26.0 Å². The number of amides is 2. The molecule has 2 heterocycles. The van der Waals surface area contributed by atoms with Crippen LogP contribution >= 0.6 is 0 Å². The Balaban J connectivity index is 1.68. The van der Waals surface area contributed by atoms with Crippen LogP contribution in [0.4, 0.5) is 0 Å². The van der Waals surface area contributed by atoms with Gasteiger partial charge in [-0.3, -0.25) is 9.59 Å². The van der Waals surface area contributed by atoms with E-state index >= 15 is 0 Å². The van der Waals surface area contributed by atoms with Crippen molar-refractivity contribution in [3.63, 3.8) is 0 Å². The van der Waals surface area contributed by atoms with Crippen molar-refractivity contribution in [3.05, 3.63) is 29.8 Å². The van der Waals surface area contributed by atoms with Crippen LogP contribution in [-0.4, -0.2) is 86.7 Å². The molecule has 1 N–H and O–H groups in total. The van der Waals surface area contributed by atoms with Crippen LogP contribution in [0.2, 0.25) is 0 Å². The summed E-state index contributed by atoms with van der Waals surface area (Å²) in [6.45, 7) is 8.82. The molecular formula is C24H38N4O4S. The number of hydrogen-bond donors (Lipinski definition) is 1. The van der Waals surface area contributed by atoms with Gasteiger partial charge < -0.3 is 15.1 Å². The zero-order valence-electron chi connectivity index (χ0n) is 20.0. The van der Waals surface area contributed by atoms with Gasteiger partial charge in [-0.25, -0.2) is 8.42 Å². The summed E-state index contributed by atoms with van der Waals surface area (Å²) in [5.74, 6) is 0.617. The maximum atomic E-state index is 13.5. The van der Waals surface area contributed by atoms with Crippen molar-refractivity contribution in [2.24, 2.45) is 5.92 Å². The smallest absolute Gasteiger partial charge is 0.243 e. The van der Waals surface area contributed by atoms with Crippen LogP contribution in [0.1, 0.15) is 45.1 Å². The standard InChI is InChI=1S/C24H38N4O4S/c1-20(2)19-21-6-8-22(9-7-21)33(31,32)28(15-4-14-26-13-3-5-23(26)29)16-10-24(30)27-17-11-25-12-18-27/h6-9,20,25H,3-5,10-19H2,1-2H3. The zero-order valence-corrected chi connectivity index (χ0v) is 20.8. The number of hydrogen-bond acceptors (Lipinski definition) is 5. The SMILES string of the molecule is CC(C)Cc1ccc(S(=O)(=O)N(CCCN2CCCC2=O)CCC(=O)N2CCNCC2)cc1. The third-order valence-electron chi connectivity index (χ3n) is 6.26. The molecule has 9 heteroatoms. The van der Waals surface area contributed by atoms with E-state index in [1.54, 1.807) is 21.9 Å². The number of carbonyl (C=O) groups excluding carboxylic acids is 2. The van der Waals surface area contributed by atoms with Gasteiger partial charge in [0.2, 0.25) is 21.8 Å². The van der Waals surface area contributed by atoms with E-state index < -0.39 is 10.0 Å². The summed E-state index contributed by atoms with van der Waals surface area (Å²) >= 11 is 0. The van der Waals surface area contributed by atoms with Gasteiger partial charge in [0, 0.05) is 65.2 Å². The first-order valence-electron chi connectivity index (χ1n) is 12.1. The molecule has 0 spiro atoms. The lowest BCUT2D eigenvalue weighted by molar-refractivity contribution is -0.131. The summed E-state index contributed by atoms with van der Waals surface area (Å²) in [5.41, 5.74) is 1.11. The van der Waals surface area contributed by atoms with E-state index in [9.17, 15) is 18.0 Å². The van der Waals surface area contributed by atoms with Crippen molar-refractivity contribution in [1.29, 1.82) is 0 Å². The Morgan fingerprint density at radius 3 is 2.39 bits per heavy atom. The molecule has 0 radical (unpaired) electrons. The number of benzene rings is 1. The van der Waals surface area contributed by atoms with E-state index in [0.717, 1.165) is 38.0 Å². The number of nitrogens with one attached hydrogen (secondary N) is 1. The second-order valence-corrected chi connectivity index (χ2v) is 11.3. The van der Waals surface area contributed by atoms with E-state index in [4.69, 9.17) is 0 Å². The number of rotatable bonds is 11. The van der Waals surface area contributed by atoms with Gasteiger partial charge in [0.25, 0.3) is 0 Å². The summed E-state index contributed by atoms with van der Waals surface area (Å²) in [5, 5.41) is 3.22. The number of piperazine rings is 1. The summed E-state index contributed by atoms with van der Waals surface area (Å²) in [6.07, 6.45) is 3.05. The fourth-order valence-corrected chi connectivity index (χ4v) is 5.92. The summed E-state index contributed by atoms with van der Waals surface area (Å²) in [6, 6.07) is 7.09. The second kappa shape index (κ2) is 11.9. The van der Waals surface area contributed by atoms with Gasteiger partial charge in [-0.2, -0.15) is 4.31 Å². The molecule has 0 aliphatic carbocycles. The molecule has 2 amide bonds. The maximum absolute atomic E-state index is 13.5. The number of nitrogens with zero attached hydrogens (tertiary/aromatic N) is 3. The fraction of sp³-hybridized carbons (Fsp3) is 0.667. The van der Waals surface area contributed by atoms with E-state index in [2.05, 4.69) is 19.2 Å². The first kappa shape index (κ1) is 25.6. The summed E-state index contributed by atoms with van der Waals surface area (Å²) < 4.78 is 28.3. The van der Waals surface area contributed by atoms with Gasteiger partial charge in [-0.15, -0.1) is 0 Å². The van der Waals surface area contributed by atoms with Crippen LogP contribution in [0, 0.1) is 5.92 Å². The first-order chi connectivity index (χ1) is 15.8. The lowest BCUT2D eigenvalue weighted by Gasteiger charge is -2.29. The van der Waals surface area contributed by atoms with Crippen LogP contribution in [0.25, 0.3) is 0 Å². The Bertz CT molecular complexity index is 896. The highest BCUT2D eigenvalue weighted by molar-refractivity contribution is 7.89. The highest BCUT2D eigenvalue weighted by atomic mass is 32.2. The minimum atomic E-state index is -3.74. The van der Waals surface area contributed by atoms with Crippen molar-refractivity contribution in [1.82, 2.24) is 19.4 Å². The second-order valence-electron chi connectivity index (χ2n) is 9.36. The minimum Gasteiger partial charge on any atom is -0.343 e. The lowest BCUT2D eigenvalue weighted by atomic mass is 10.0. The van der Waals surface area contributed by atoms with Crippen LogP contribution < -0.4 is 5.32 Å². The molecule has 0 aromatic heterocycles. The van der Waals surface area contributed by atoms with Gasteiger partial charge in [-0.1, -0.05) is 26.0 Å². The molecule has 1 aromatic rings. The predicted molar refractivity (Wildman–Crippen MR) is 128 cm³/mol. The van der Waals surface area contributed by atoms with E-state index in [-0.39, 0.29) is 36.2 Å². The molecule has 0 atom stereocenters. The van der Waals surface area contributed by atoms with Crippen molar-refractivity contribution >= 4 is 21.8 Å². The zero-order chi connectivity index (χ0) is 23.8. The monoisotopic (exact) mass is 478 g/mol. The quantitative estimate of drug-likeness (QED) is 0.523. The summed E-state index contributed by atoms with van der Waals surface area (Å²) in [4.78, 5) is 28.4. The molecular weight excluding hydrogens is 440 g/mol. The van der Waals surface area contributed by atoms with Crippen LogP contribution in [0.3, 0.4) is 0 Å². The van der Waals surface area contributed by atoms with Crippen molar-refractivity contribution in [2.45, 2.75) is 50.8 Å². The third-order valence-corrected chi connectivity index (χ3v) is 8.17. The lowest BCUT2D eigenvalue weighted by Crippen LogP contribution is -2.47. The molecule has 184 valence electrons. The molecule has 33 heavy (non-hydrogen) atoms. The molecule has 8 nitrogen and oxygen atoms in total. The van der Waals surface area contributed by atoms with E-state index in [0.29, 0.717) is 38.4 Å². The van der Waals surface area contributed by atoms with Gasteiger partial charge in [0.05, 0.1) is 4.90 Å². The van der Waals surface area contributed by atoms with Crippen LogP contribution in [0.15, 0.2) is 29.2 Å². The van der Waals surface area contributed by atoms with Gasteiger partial charge in [0.1, 0.15) is 0 Å². The Morgan fingerprint density at radius 1 is 1.09 bits per heavy atom. The third kappa shape index (κ3) is 7.25. The normalized spacial score (nSPS) is 17.4. The molecule has 0 saturated carbocycles. The van der Waals surface area contributed by atoms with Crippen molar-refractivity contribution < 1.29 is 18.0 Å². The number of carbonyl (C=O) groups is 2. The van der Waals surface area contributed by atoms with Crippen molar-refractivity contribution in [3.8, 4) is 0 Å². The Morgan fingerprint density at radius 2 is 1.79 bits per heavy atom. The molecule has 0 bridgehead atoms. The highest BCUT2D eigenvalue weighted by Crippen LogP contribution is 2.20. The highest BCUT2D eigenvalue weighted by Gasteiger charge is 2.27. The molecule has 2 aliphatic rings. The molecule has 1 aromatic carbocycles. The van der Waals surface area contributed by atoms with Crippen molar-refractivity contribution in [2.75, 3.05) is 52.4 Å².